The zero-order chi connectivity index (χ0) is 13.9. The number of ether oxygens (including phenoxy) is 2. The van der Waals surface area contributed by atoms with Gasteiger partial charge in [-0.25, -0.2) is 0 Å². The van der Waals surface area contributed by atoms with E-state index in [-0.39, 0.29) is 18.1 Å². The van der Waals surface area contributed by atoms with Gasteiger partial charge in [0.2, 0.25) is 0 Å². The second kappa shape index (κ2) is 5.48. The van der Waals surface area contributed by atoms with E-state index in [4.69, 9.17) is 14.6 Å². The van der Waals surface area contributed by atoms with Gasteiger partial charge in [0.1, 0.15) is 5.56 Å². The molecule has 0 aliphatic carbocycles. The summed E-state index contributed by atoms with van der Waals surface area (Å²) in [5.41, 5.74) is -0.554. The van der Waals surface area contributed by atoms with E-state index < -0.39 is 17.7 Å². The van der Waals surface area contributed by atoms with Crippen LogP contribution < -0.4 is 9.47 Å². The van der Waals surface area contributed by atoms with E-state index in [0.717, 1.165) is 13.2 Å². The first kappa shape index (κ1) is 14.6. The minimum absolute atomic E-state index is 0.00243. The highest BCUT2D eigenvalue weighted by atomic mass is 19.4. The summed E-state index contributed by atoms with van der Waals surface area (Å²) in [4.78, 5) is 0. The molecule has 1 N–H and O–H groups in total. The van der Waals surface area contributed by atoms with Gasteiger partial charge in [-0.05, 0) is 17.7 Å². The maximum atomic E-state index is 12.9. The number of aliphatic hydroxyl groups excluding tert-OH is 1. The number of aliphatic hydroxyl groups is 1. The van der Waals surface area contributed by atoms with E-state index in [9.17, 15) is 13.2 Å². The zero-order valence-electron chi connectivity index (χ0n) is 10.3. The molecule has 0 heterocycles. The first-order chi connectivity index (χ1) is 8.35. The molecule has 1 atom stereocenters. The smallest absolute Gasteiger partial charge is 0.420 e. The number of benzene rings is 1. The Kier molecular flexibility index (Phi) is 4.45. The van der Waals surface area contributed by atoms with E-state index in [1.165, 1.54) is 13.2 Å². The Balaban J connectivity index is 3.46. The molecule has 0 bridgehead atoms. The maximum Gasteiger partial charge on any atom is 0.420 e. The second-order valence-electron chi connectivity index (χ2n) is 3.89. The summed E-state index contributed by atoms with van der Waals surface area (Å²) in [6, 6.07) is 2.41. The Labute approximate surface area is 103 Å². The van der Waals surface area contributed by atoms with Crippen molar-refractivity contribution in [3.63, 3.8) is 0 Å². The molecule has 1 aromatic carbocycles. The van der Waals surface area contributed by atoms with Gasteiger partial charge in [0, 0.05) is 12.5 Å². The third kappa shape index (κ3) is 2.87. The molecule has 3 nitrogen and oxygen atoms in total. The van der Waals surface area contributed by atoms with Crippen molar-refractivity contribution in [2.75, 3.05) is 20.8 Å². The van der Waals surface area contributed by atoms with E-state index in [1.807, 2.05) is 0 Å². The second-order valence-corrected chi connectivity index (χ2v) is 3.89. The molecule has 0 aliphatic heterocycles. The number of alkyl halides is 3. The topological polar surface area (TPSA) is 38.7 Å². The number of halogens is 3. The van der Waals surface area contributed by atoms with E-state index in [2.05, 4.69) is 0 Å². The van der Waals surface area contributed by atoms with Crippen molar-refractivity contribution in [2.24, 2.45) is 0 Å². The van der Waals surface area contributed by atoms with Crippen molar-refractivity contribution in [1.82, 2.24) is 0 Å². The van der Waals surface area contributed by atoms with E-state index in [1.54, 1.807) is 6.92 Å². The Morgan fingerprint density at radius 1 is 1.22 bits per heavy atom. The fourth-order valence-corrected chi connectivity index (χ4v) is 1.59. The average Bonchev–Trinajstić information content (AvgIpc) is 2.34. The fourth-order valence-electron chi connectivity index (χ4n) is 1.59. The molecular formula is C12H15F3O3. The molecule has 0 saturated carbocycles. The van der Waals surface area contributed by atoms with Crippen LogP contribution in [0.5, 0.6) is 11.5 Å². The molecule has 0 radical (unpaired) electrons. The molecule has 0 fully saturated rings. The third-order valence-electron chi connectivity index (χ3n) is 2.65. The van der Waals surface area contributed by atoms with Crippen LogP contribution in [0.3, 0.4) is 0 Å². The highest BCUT2D eigenvalue weighted by Crippen LogP contribution is 2.43. The minimum atomic E-state index is -4.54. The van der Waals surface area contributed by atoms with Gasteiger partial charge in [-0.2, -0.15) is 13.2 Å². The summed E-state index contributed by atoms with van der Waals surface area (Å²) in [7, 11) is 2.42. The Bertz CT molecular complexity index is 416. The molecule has 0 aromatic heterocycles. The molecule has 0 amide bonds. The van der Waals surface area contributed by atoms with Crippen LogP contribution in [-0.4, -0.2) is 25.9 Å². The summed E-state index contributed by atoms with van der Waals surface area (Å²) < 4.78 is 48.4. The molecule has 0 spiro atoms. The molecule has 102 valence electrons. The summed E-state index contributed by atoms with van der Waals surface area (Å²) in [6.07, 6.45) is -4.54. The van der Waals surface area contributed by atoms with Gasteiger partial charge >= 0.3 is 6.18 Å². The first-order valence-electron chi connectivity index (χ1n) is 5.29. The SMILES string of the molecule is COc1cc(C(C)CO)cc(C(F)(F)F)c1OC. The average molecular weight is 264 g/mol. The lowest BCUT2D eigenvalue weighted by atomic mass is 9.98. The van der Waals surface area contributed by atoms with Gasteiger partial charge in [0.05, 0.1) is 14.2 Å². The lowest BCUT2D eigenvalue weighted by Crippen LogP contribution is -2.11. The van der Waals surface area contributed by atoms with Gasteiger partial charge in [0.15, 0.2) is 11.5 Å². The third-order valence-corrected chi connectivity index (χ3v) is 2.65. The van der Waals surface area contributed by atoms with Gasteiger partial charge in [-0.15, -0.1) is 0 Å². The van der Waals surface area contributed by atoms with Gasteiger partial charge < -0.3 is 14.6 Å². The van der Waals surface area contributed by atoms with Crippen LogP contribution in [0.2, 0.25) is 0 Å². The lowest BCUT2D eigenvalue weighted by molar-refractivity contribution is -0.139. The summed E-state index contributed by atoms with van der Waals surface area (Å²) in [5, 5.41) is 9.02. The highest BCUT2D eigenvalue weighted by molar-refractivity contribution is 5.51. The largest absolute Gasteiger partial charge is 0.493 e. The van der Waals surface area contributed by atoms with Crippen LogP contribution in [-0.2, 0) is 6.18 Å². The molecule has 1 aromatic rings. The van der Waals surface area contributed by atoms with Crippen LogP contribution in [0.15, 0.2) is 12.1 Å². The van der Waals surface area contributed by atoms with Crippen LogP contribution >= 0.6 is 0 Å². The van der Waals surface area contributed by atoms with E-state index in [0.29, 0.717) is 5.56 Å². The number of methoxy groups -OCH3 is 2. The molecule has 1 rings (SSSR count). The summed E-state index contributed by atoms with van der Waals surface area (Å²) in [5.74, 6) is -0.757. The van der Waals surface area contributed by atoms with Crippen LogP contribution in [0.1, 0.15) is 24.0 Å². The normalized spacial score (nSPS) is 13.3. The number of hydrogen-bond acceptors (Lipinski definition) is 3. The predicted molar refractivity (Wildman–Crippen MR) is 60.0 cm³/mol. The Hall–Kier alpha value is -1.43. The zero-order valence-corrected chi connectivity index (χ0v) is 10.3. The van der Waals surface area contributed by atoms with Gasteiger partial charge in [-0.1, -0.05) is 6.92 Å². The lowest BCUT2D eigenvalue weighted by Gasteiger charge is -2.18. The molecule has 6 heteroatoms. The predicted octanol–water partition coefficient (Wildman–Crippen LogP) is 2.82. The quantitative estimate of drug-likeness (QED) is 0.908. The van der Waals surface area contributed by atoms with Crippen LogP contribution in [0, 0.1) is 0 Å². The molecule has 18 heavy (non-hydrogen) atoms. The van der Waals surface area contributed by atoms with Crippen LogP contribution in [0.25, 0.3) is 0 Å². The Morgan fingerprint density at radius 2 is 1.83 bits per heavy atom. The van der Waals surface area contributed by atoms with Gasteiger partial charge in [-0.3, -0.25) is 0 Å². The van der Waals surface area contributed by atoms with Crippen molar-refractivity contribution >= 4 is 0 Å². The molecule has 0 aliphatic rings. The highest BCUT2D eigenvalue weighted by Gasteiger charge is 2.36. The van der Waals surface area contributed by atoms with Crippen molar-refractivity contribution in [1.29, 1.82) is 0 Å². The summed E-state index contributed by atoms with van der Waals surface area (Å²) >= 11 is 0. The van der Waals surface area contributed by atoms with Gasteiger partial charge in [0.25, 0.3) is 0 Å². The Morgan fingerprint density at radius 3 is 2.22 bits per heavy atom. The number of hydrogen-bond donors (Lipinski definition) is 1. The standard InChI is InChI=1S/C12H15F3O3/c1-7(6-16)8-4-9(12(13,14)15)11(18-3)10(5-8)17-2/h4-5,7,16H,6H2,1-3H3. The van der Waals surface area contributed by atoms with Crippen molar-refractivity contribution < 1.29 is 27.8 Å². The summed E-state index contributed by atoms with van der Waals surface area (Å²) in [6.45, 7) is 1.38. The molecular weight excluding hydrogens is 249 g/mol. The monoisotopic (exact) mass is 264 g/mol. The van der Waals surface area contributed by atoms with Crippen molar-refractivity contribution in [2.45, 2.75) is 19.0 Å². The van der Waals surface area contributed by atoms with Crippen LogP contribution in [0.4, 0.5) is 13.2 Å². The first-order valence-corrected chi connectivity index (χ1v) is 5.29. The maximum absolute atomic E-state index is 12.9. The minimum Gasteiger partial charge on any atom is -0.493 e. The van der Waals surface area contributed by atoms with E-state index >= 15 is 0 Å². The van der Waals surface area contributed by atoms with Crippen molar-refractivity contribution in [3.8, 4) is 11.5 Å². The molecule has 0 saturated heterocycles. The molecule has 1 unspecified atom stereocenters. The number of rotatable bonds is 4. The fraction of sp³-hybridized carbons (Fsp3) is 0.500. The van der Waals surface area contributed by atoms with Crippen molar-refractivity contribution in [3.05, 3.63) is 23.3 Å².